The molecule has 1 aromatic rings. The van der Waals surface area contributed by atoms with E-state index in [0.29, 0.717) is 13.2 Å². The van der Waals surface area contributed by atoms with Crippen molar-refractivity contribution in [3.8, 4) is 11.5 Å². The number of amides is 3. The molecule has 1 aliphatic rings. The molecular weight excluding hydrogens is 406 g/mol. The molecule has 0 aromatic heterocycles. The van der Waals surface area contributed by atoms with Crippen molar-refractivity contribution in [2.45, 2.75) is 46.3 Å². The van der Waals surface area contributed by atoms with Crippen LogP contribution in [0.25, 0.3) is 0 Å². The van der Waals surface area contributed by atoms with E-state index < -0.39 is 23.7 Å². The third-order valence-corrected chi connectivity index (χ3v) is 4.26. The second kappa shape index (κ2) is 10.3. The normalized spacial score (nSPS) is 16.4. The zero-order chi connectivity index (χ0) is 23.2. The Bertz CT molecular complexity index is 820. The first kappa shape index (κ1) is 24.3. The maximum atomic E-state index is 12.7. The average molecular weight is 437 g/mol. The Morgan fingerprint density at radius 1 is 1.29 bits per heavy atom. The van der Waals surface area contributed by atoms with Crippen LogP contribution in [0.4, 0.5) is 10.5 Å². The van der Waals surface area contributed by atoms with E-state index in [1.165, 1.54) is 19.1 Å². The summed E-state index contributed by atoms with van der Waals surface area (Å²) in [6.07, 6.45) is -0.836. The second-order valence-electron chi connectivity index (χ2n) is 8.08. The van der Waals surface area contributed by atoms with Crippen LogP contribution in [0.15, 0.2) is 12.1 Å². The maximum absolute atomic E-state index is 12.7. The molecule has 172 valence electrons. The molecule has 2 rings (SSSR count). The van der Waals surface area contributed by atoms with Crippen molar-refractivity contribution in [3.05, 3.63) is 17.7 Å². The summed E-state index contributed by atoms with van der Waals surface area (Å²) in [6, 6.07) is 2.88. The van der Waals surface area contributed by atoms with Crippen molar-refractivity contribution in [2.24, 2.45) is 0 Å². The third-order valence-electron chi connectivity index (χ3n) is 4.26. The number of benzene rings is 1. The summed E-state index contributed by atoms with van der Waals surface area (Å²) >= 11 is 0. The zero-order valence-corrected chi connectivity index (χ0v) is 18.6. The summed E-state index contributed by atoms with van der Waals surface area (Å²) in [5, 5.41) is 15.6. The molecule has 3 N–H and O–H groups in total. The van der Waals surface area contributed by atoms with Gasteiger partial charge in [-0.15, -0.1) is 0 Å². The van der Waals surface area contributed by atoms with E-state index >= 15 is 0 Å². The molecule has 1 aromatic carbocycles. The van der Waals surface area contributed by atoms with E-state index in [1.54, 1.807) is 32.6 Å². The monoisotopic (exact) mass is 437 g/mol. The lowest BCUT2D eigenvalue weighted by atomic mass is 10.1. The molecule has 3 amide bonds. The Morgan fingerprint density at radius 3 is 2.61 bits per heavy atom. The number of phenolic OH excluding ortho intramolecular Hbond substituents is 1. The van der Waals surface area contributed by atoms with E-state index in [2.05, 4.69) is 10.6 Å². The molecule has 1 fully saturated rings. The summed E-state index contributed by atoms with van der Waals surface area (Å²) in [6.45, 7) is 9.80. The van der Waals surface area contributed by atoms with E-state index in [-0.39, 0.29) is 48.4 Å². The lowest BCUT2D eigenvalue weighted by Crippen LogP contribution is -2.50. The van der Waals surface area contributed by atoms with Gasteiger partial charge >= 0.3 is 6.09 Å². The number of hydrogen-bond donors (Lipinski definition) is 3. The van der Waals surface area contributed by atoms with Crippen LogP contribution < -0.4 is 15.4 Å². The number of nitrogens with zero attached hydrogens (tertiary/aromatic N) is 1. The molecule has 10 nitrogen and oxygen atoms in total. The highest BCUT2D eigenvalue weighted by atomic mass is 16.6. The second-order valence-corrected chi connectivity index (χ2v) is 8.08. The predicted octanol–water partition coefficient (Wildman–Crippen LogP) is 2.11. The minimum Gasteiger partial charge on any atom is -0.503 e. The lowest BCUT2D eigenvalue weighted by molar-refractivity contribution is -0.114. The number of rotatable bonds is 6. The first-order chi connectivity index (χ1) is 14.5. The van der Waals surface area contributed by atoms with E-state index in [1.807, 2.05) is 0 Å². The molecule has 0 radical (unpaired) electrons. The van der Waals surface area contributed by atoms with Gasteiger partial charge in [0.2, 0.25) is 5.91 Å². The SMILES string of the molecule is CCOc1c(C(=O)NCC2CN(C(=O)OC(C)(C)C)CCO2)ccc(NC(C)=O)c1O. The number of phenols is 1. The van der Waals surface area contributed by atoms with Gasteiger partial charge < -0.3 is 34.9 Å². The van der Waals surface area contributed by atoms with Gasteiger partial charge in [-0.05, 0) is 39.8 Å². The third kappa shape index (κ3) is 7.02. The van der Waals surface area contributed by atoms with Crippen LogP contribution in [-0.2, 0) is 14.3 Å². The van der Waals surface area contributed by atoms with Crippen molar-refractivity contribution in [1.29, 1.82) is 0 Å². The largest absolute Gasteiger partial charge is 0.503 e. The van der Waals surface area contributed by atoms with Crippen LogP contribution in [0.2, 0.25) is 0 Å². The molecule has 1 heterocycles. The lowest BCUT2D eigenvalue weighted by Gasteiger charge is -2.34. The number of aromatic hydroxyl groups is 1. The molecule has 1 atom stereocenters. The van der Waals surface area contributed by atoms with Gasteiger partial charge in [0.1, 0.15) is 5.60 Å². The minimum absolute atomic E-state index is 0.0220. The highest BCUT2D eigenvalue weighted by Gasteiger charge is 2.29. The van der Waals surface area contributed by atoms with Gasteiger partial charge in [-0.25, -0.2) is 4.79 Å². The number of hydrogen-bond acceptors (Lipinski definition) is 7. The van der Waals surface area contributed by atoms with Crippen molar-refractivity contribution in [2.75, 3.05) is 38.2 Å². The zero-order valence-electron chi connectivity index (χ0n) is 18.6. The minimum atomic E-state index is -0.597. The molecule has 31 heavy (non-hydrogen) atoms. The average Bonchev–Trinajstić information content (AvgIpc) is 2.68. The van der Waals surface area contributed by atoms with Gasteiger partial charge in [0.15, 0.2) is 11.5 Å². The van der Waals surface area contributed by atoms with E-state index in [4.69, 9.17) is 14.2 Å². The van der Waals surface area contributed by atoms with Crippen LogP contribution in [0, 0.1) is 0 Å². The number of ether oxygens (including phenoxy) is 3. The molecular formula is C21H31N3O7. The molecule has 1 aliphatic heterocycles. The molecule has 0 saturated carbocycles. The smallest absolute Gasteiger partial charge is 0.410 e. The topological polar surface area (TPSA) is 126 Å². The fourth-order valence-electron chi connectivity index (χ4n) is 2.97. The van der Waals surface area contributed by atoms with Crippen LogP contribution in [0.1, 0.15) is 45.0 Å². The van der Waals surface area contributed by atoms with Gasteiger partial charge in [-0.3, -0.25) is 9.59 Å². The number of morpholine rings is 1. The number of nitrogens with one attached hydrogen (secondary N) is 2. The summed E-state index contributed by atoms with van der Waals surface area (Å²) in [5.74, 6) is -1.19. The first-order valence-electron chi connectivity index (χ1n) is 10.2. The standard InChI is InChI=1S/C21H31N3O7/c1-6-29-18-15(7-8-16(17(18)26)23-13(2)25)19(27)22-11-14-12-24(9-10-30-14)20(28)31-21(3,4)5/h7-8,14,26H,6,9-12H2,1-5H3,(H,22,27)(H,23,25). The predicted molar refractivity (Wildman–Crippen MR) is 113 cm³/mol. The number of carbonyl (C=O) groups is 3. The van der Waals surface area contributed by atoms with Crippen LogP contribution >= 0.6 is 0 Å². The Labute approximate surface area is 181 Å². The van der Waals surface area contributed by atoms with Crippen molar-refractivity contribution >= 4 is 23.6 Å². The number of carbonyl (C=O) groups excluding carboxylic acids is 3. The molecule has 0 bridgehead atoms. The molecule has 1 unspecified atom stereocenters. The summed E-state index contributed by atoms with van der Waals surface area (Å²) in [7, 11) is 0. The molecule has 0 aliphatic carbocycles. The fourth-order valence-corrected chi connectivity index (χ4v) is 2.97. The van der Waals surface area contributed by atoms with Gasteiger partial charge in [0, 0.05) is 20.0 Å². The van der Waals surface area contributed by atoms with Gasteiger partial charge in [-0.2, -0.15) is 0 Å². The highest BCUT2D eigenvalue weighted by Crippen LogP contribution is 2.37. The summed E-state index contributed by atoms with van der Waals surface area (Å²) < 4.78 is 16.5. The molecule has 10 heteroatoms. The molecule has 0 spiro atoms. The Balaban J connectivity index is 2.04. The van der Waals surface area contributed by atoms with Gasteiger partial charge in [0.05, 0.1) is 37.1 Å². The fraction of sp³-hybridized carbons (Fsp3) is 0.571. The van der Waals surface area contributed by atoms with Crippen molar-refractivity contribution in [1.82, 2.24) is 10.2 Å². The van der Waals surface area contributed by atoms with Crippen molar-refractivity contribution < 1.29 is 33.7 Å². The number of anilines is 1. The Morgan fingerprint density at radius 2 is 2.00 bits per heavy atom. The quantitative estimate of drug-likeness (QED) is 0.582. The Hall–Kier alpha value is -3.01. The molecule has 1 saturated heterocycles. The Kier molecular flexibility index (Phi) is 8.09. The van der Waals surface area contributed by atoms with Crippen molar-refractivity contribution in [3.63, 3.8) is 0 Å². The van der Waals surface area contributed by atoms with Crippen LogP contribution in [0.5, 0.6) is 11.5 Å². The van der Waals surface area contributed by atoms with E-state index in [0.717, 1.165) is 0 Å². The van der Waals surface area contributed by atoms with E-state index in [9.17, 15) is 19.5 Å². The first-order valence-corrected chi connectivity index (χ1v) is 10.2. The van der Waals surface area contributed by atoms with Crippen LogP contribution in [0.3, 0.4) is 0 Å². The van der Waals surface area contributed by atoms with Gasteiger partial charge in [-0.1, -0.05) is 0 Å². The highest BCUT2D eigenvalue weighted by molar-refractivity contribution is 6.00. The maximum Gasteiger partial charge on any atom is 0.410 e. The van der Waals surface area contributed by atoms with Gasteiger partial charge in [0.25, 0.3) is 5.91 Å². The summed E-state index contributed by atoms with van der Waals surface area (Å²) in [5.41, 5.74) is -0.329. The summed E-state index contributed by atoms with van der Waals surface area (Å²) in [4.78, 5) is 37.8. The van der Waals surface area contributed by atoms with Crippen LogP contribution in [-0.4, -0.2) is 72.5 Å².